The molecule has 1 saturated heterocycles. The van der Waals surface area contributed by atoms with Crippen LogP contribution < -0.4 is 10.2 Å². The number of piperidine rings is 1. The minimum Gasteiger partial charge on any atom is -0.391 e. The van der Waals surface area contributed by atoms with E-state index in [4.69, 9.17) is 0 Å². The molecule has 2 atom stereocenters. The molecule has 0 radical (unpaired) electrons. The van der Waals surface area contributed by atoms with Crippen molar-refractivity contribution in [1.29, 1.82) is 0 Å². The summed E-state index contributed by atoms with van der Waals surface area (Å²) in [5.41, 5.74) is 2.60. The van der Waals surface area contributed by atoms with Crippen LogP contribution in [0.4, 0.5) is 5.69 Å². The third kappa shape index (κ3) is 4.50. The molecule has 2 fully saturated rings. The van der Waals surface area contributed by atoms with Crippen LogP contribution in [0.2, 0.25) is 0 Å². The summed E-state index contributed by atoms with van der Waals surface area (Å²) in [7, 11) is 4.15. The van der Waals surface area contributed by atoms with E-state index < -0.39 is 0 Å². The number of nitrogens with zero attached hydrogens (tertiary/aromatic N) is 2. The number of hydrogen-bond donors (Lipinski definition) is 2. The van der Waals surface area contributed by atoms with Crippen molar-refractivity contribution in [2.24, 2.45) is 0 Å². The van der Waals surface area contributed by atoms with Gasteiger partial charge in [-0.3, -0.25) is 4.90 Å². The van der Waals surface area contributed by atoms with Gasteiger partial charge in [-0.25, -0.2) is 0 Å². The number of aliphatic hydroxyl groups is 1. The molecule has 1 aliphatic heterocycles. The number of benzene rings is 1. The van der Waals surface area contributed by atoms with E-state index in [0.717, 1.165) is 26.1 Å². The highest BCUT2D eigenvalue weighted by molar-refractivity contribution is 5.45. The van der Waals surface area contributed by atoms with Crippen LogP contribution in [0.15, 0.2) is 24.3 Å². The fourth-order valence-corrected chi connectivity index (χ4v) is 4.13. The molecule has 1 aromatic rings. The lowest BCUT2D eigenvalue weighted by Gasteiger charge is -2.41. The van der Waals surface area contributed by atoms with Gasteiger partial charge in [-0.2, -0.15) is 0 Å². The Balaban J connectivity index is 1.42. The third-order valence-electron chi connectivity index (χ3n) is 5.74. The second-order valence-electron chi connectivity index (χ2n) is 7.67. The standard InChI is InChI=1S/C20H33N3O/c1-22(2)18-9-7-16(8-10-18)15-21-17-11-13-23(14-12-17)19-5-3-4-6-20(19)24/h7-10,17,19-21,24H,3-6,11-15H2,1-2H3. The SMILES string of the molecule is CN(C)c1ccc(CNC2CCN(C3CCCCC3O)CC2)cc1. The molecule has 1 aromatic carbocycles. The van der Waals surface area contributed by atoms with Crippen LogP contribution in [0.1, 0.15) is 44.1 Å². The summed E-state index contributed by atoms with van der Waals surface area (Å²) in [6, 6.07) is 9.83. The maximum absolute atomic E-state index is 10.2. The van der Waals surface area contributed by atoms with Gasteiger partial charge in [-0.15, -0.1) is 0 Å². The van der Waals surface area contributed by atoms with Gasteiger partial charge in [-0.1, -0.05) is 25.0 Å². The van der Waals surface area contributed by atoms with Crippen molar-refractivity contribution >= 4 is 5.69 Å². The number of anilines is 1. The molecule has 134 valence electrons. The van der Waals surface area contributed by atoms with Gasteiger partial charge in [0.05, 0.1) is 6.10 Å². The third-order valence-corrected chi connectivity index (χ3v) is 5.74. The van der Waals surface area contributed by atoms with E-state index in [1.54, 1.807) is 0 Å². The van der Waals surface area contributed by atoms with Crippen LogP contribution in [0.3, 0.4) is 0 Å². The first-order chi connectivity index (χ1) is 11.6. The largest absolute Gasteiger partial charge is 0.391 e. The molecule has 3 rings (SSSR count). The minimum absolute atomic E-state index is 0.0986. The average Bonchev–Trinajstić information content (AvgIpc) is 2.61. The number of aliphatic hydroxyl groups excluding tert-OH is 1. The highest BCUT2D eigenvalue weighted by Gasteiger charge is 2.31. The van der Waals surface area contributed by atoms with Gasteiger partial charge in [-0.05, 0) is 43.4 Å². The summed E-state index contributed by atoms with van der Waals surface area (Å²) >= 11 is 0. The molecule has 4 nitrogen and oxygen atoms in total. The van der Waals surface area contributed by atoms with Crippen LogP contribution in [0.5, 0.6) is 0 Å². The van der Waals surface area contributed by atoms with Crippen LogP contribution in [-0.2, 0) is 6.54 Å². The molecule has 2 N–H and O–H groups in total. The molecular formula is C20H33N3O. The molecule has 0 spiro atoms. The monoisotopic (exact) mass is 331 g/mol. The predicted octanol–water partition coefficient (Wildman–Crippen LogP) is 2.61. The summed E-state index contributed by atoms with van der Waals surface area (Å²) in [6.45, 7) is 3.20. The molecule has 2 aliphatic rings. The Morgan fingerprint density at radius 3 is 2.33 bits per heavy atom. The van der Waals surface area contributed by atoms with Crippen molar-refractivity contribution in [2.45, 2.75) is 63.3 Å². The van der Waals surface area contributed by atoms with Crippen molar-refractivity contribution in [2.75, 3.05) is 32.1 Å². The maximum Gasteiger partial charge on any atom is 0.0695 e. The van der Waals surface area contributed by atoms with Crippen LogP contribution >= 0.6 is 0 Å². The molecule has 1 heterocycles. The quantitative estimate of drug-likeness (QED) is 0.870. The van der Waals surface area contributed by atoms with Crippen molar-refractivity contribution < 1.29 is 5.11 Å². The Hall–Kier alpha value is -1.10. The van der Waals surface area contributed by atoms with Gasteiger partial charge in [0.2, 0.25) is 0 Å². The van der Waals surface area contributed by atoms with Gasteiger partial charge < -0.3 is 15.3 Å². The zero-order chi connectivity index (χ0) is 16.9. The lowest BCUT2D eigenvalue weighted by Crippen LogP contribution is -2.51. The molecule has 2 unspecified atom stereocenters. The van der Waals surface area contributed by atoms with Crippen LogP contribution in [0, 0.1) is 0 Å². The molecule has 0 amide bonds. The zero-order valence-electron chi connectivity index (χ0n) is 15.2. The van der Waals surface area contributed by atoms with E-state index in [0.29, 0.717) is 12.1 Å². The second-order valence-corrected chi connectivity index (χ2v) is 7.67. The first-order valence-corrected chi connectivity index (χ1v) is 9.55. The highest BCUT2D eigenvalue weighted by atomic mass is 16.3. The van der Waals surface area contributed by atoms with Crippen molar-refractivity contribution in [3.05, 3.63) is 29.8 Å². The topological polar surface area (TPSA) is 38.7 Å². The maximum atomic E-state index is 10.2. The summed E-state index contributed by atoms with van der Waals surface area (Å²) in [5.74, 6) is 0. The summed E-state index contributed by atoms with van der Waals surface area (Å²) in [6.07, 6.45) is 6.94. The van der Waals surface area contributed by atoms with Gasteiger partial charge in [0.25, 0.3) is 0 Å². The molecule has 0 bridgehead atoms. The van der Waals surface area contributed by atoms with Gasteiger partial charge in [0.1, 0.15) is 0 Å². The van der Waals surface area contributed by atoms with E-state index in [9.17, 15) is 5.11 Å². The van der Waals surface area contributed by atoms with Crippen LogP contribution in [-0.4, -0.2) is 55.4 Å². The normalized spacial score (nSPS) is 26.5. The predicted molar refractivity (Wildman–Crippen MR) is 100 cm³/mol. The molecule has 4 heteroatoms. The Morgan fingerprint density at radius 1 is 1.04 bits per heavy atom. The summed E-state index contributed by atoms with van der Waals surface area (Å²) < 4.78 is 0. The number of hydrogen-bond acceptors (Lipinski definition) is 4. The van der Waals surface area contributed by atoms with E-state index in [1.807, 2.05) is 0 Å². The Labute approximate surface area is 146 Å². The van der Waals surface area contributed by atoms with E-state index in [2.05, 4.69) is 53.5 Å². The van der Waals surface area contributed by atoms with E-state index in [1.165, 1.54) is 43.4 Å². The minimum atomic E-state index is -0.0986. The van der Waals surface area contributed by atoms with Gasteiger partial charge in [0.15, 0.2) is 0 Å². The molecule has 0 aromatic heterocycles. The average molecular weight is 332 g/mol. The lowest BCUT2D eigenvalue weighted by atomic mass is 9.89. The lowest BCUT2D eigenvalue weighted by molar-refractivity contribution is 0.00714. The molecule has 1 aliphatic carbocycles. The van der Waals surface area contributed by atoms with Crippen molar-refractivity contribution in [1.82, 2.24) is 10.2 Å². The van der Waals surface area contributed by atoms with E-state index >= 15 is 0 Å². The highest BCUT2D eigenvalue weighted by Crippen LogP contribution is 2.26. The van der Waals surface area contributed by atoms with Crippen molar-refractivity contribution in [3.8, 4) is 0 Å². The first-order valence-electron chi connectivity index (χ1n) is 9.55. The van der Waals surface area contributed by atoms with Crippen LogP contribution in [0.25, 0.3) is 0 Å². The molecule has 1 saturated carbocycles. The fourth-order valence-electron chi connectivity index (χ4n) is 4.13. The number of likely N-dealkylation sites (tertiary alicyclic amines) is 1. The Morgan fingerprint density at radius 2 is 1.71 bits per heavy atom. The number of nitrogens with one attached hydrogen (secondary N) is 1. The number of rotatable bonds is 5. The molecule has 24 heavy (non-hydrogen) atoms. The second kappa shape index (κ2) is 8.32. The zero-order valence-corrected chi connectivity index (χ0v) is 15.2. The summed E-state index contributed by atoms with van der Waals surface area (Å²) in [4.78, 5) is 4.67. The van der Waals surface area contributed by atoms with E-state index in [-0.39, 0.29) is 6.10 Å². The smallest absolute Gasteiger partial charge is 0.0695 e. The first kappa shape index (κ1) is 17.7. The summed E-state index contributed by atoms with van der Waals surface area (Å²) in [5, 5.41) is 14.0. The fraction of sp³-hybridized carbons (Fsp3) is 0.700. The van der Waals surface area contributed by atoms with Crippen molar-refractivity contribution in [3.63, 3.8) is 0 Å². The molecular weight excluding hydrogens is 298 g/mol. The van der Waals surface area contributed by atoms with Gasteiger partial charge >= 0.3 is 0 Å². The Bertz CT molecular complexity index is 494. The van der Waals surface area contributed by atoms with Gasteiger partial charge in [0, 0.05) is 51.5 Å². The Kier molecular flexibility index (Phi) is 6.14.